The molecule has 156 valence electrons. The third kappa shape index (κ3) is 3.81. The molecule has 0 aliphatic carbocycles. The number of hydrogen-bond acceptors (Lipinski definition) is 5. The zero-order valence-corrected chi connectivity index (χ0v) is 18.8. The van der Waals surface area contributed by atoms with Crippen molar-refractivity contribution in [1.82, 2.24) is 4.90 Å². The summed E-state index contributed by atoms with van der Waals surface area (Å²) < 4.78 is 11.5. The largest absolute Gasteiger partial charge is 0.493 e. The second kappa shape index (κ2) is 8.14. The minimum absolute atomic E-state index is 0.0443. The Hall–Kier alpha value is -2.80. The molecule has 1 fully saturated rings. The van der Waals surface area contributed by atoms with Crippen molar-refractivity contribution >= 4 is 38.5 Å². The molecule has 2 heterocycles. The second-order valence-corrected chi connectivity index (χ2v) is 8.46. The van der Waals surface area contributed by atoms with Gasteiger partial charge in [-0.1, -0.05) is 28.1 Å². The number of aryl methyl sites for hydroxylation is 2. The van der Waals surface area contributed by atoms with Crippen LogP contribution in [0.2, 0.25) is 0 Å². The molecule has 4 rings (SSSR count). The Balaban J connectivity index is 1.57. The van der Waals surface area contributed by atoms with Crippen molar-refractivity contribution in [2.45, 2.75) is 13.8 Å². The lowest BCUT2D eigenvalue weighted by molar-refractivity contribution is 0.0742. The Morgan fingerprint density at radius 2 is 1.80 bits per heavy atom. The van der Waals surface area contributed by atoms with Gasteiger partial charge in [0.25, 0.3) is 5.91 Å². The third-order valence-corrected chi connectivity index (χ3v) is 5.94. The van der Waals surface area contributed by atoms with Crippen LogP contribution in [-0.2, 0) is 0 Å². The highest BCUT2D eigenvalue weighted by atomic mass is 79.9. The fourth-order valence-electron chi connectivity index (χ4n) is 3.85. The van der Waals surface area contributed by atoms with Gasteiger partial charge in [0.2, 0.25) is 0 Å². The lowest BCUT2D eigenvalue weighted by atomic mass is 10.1. The summed E-state index contributed by atoms with van der Waals surface area (Å²) in [4.78, 5) is 29.6. The number of ether oxygens (including phenoxy) is 1. The summed E-state index contributed by atoms with van der Waals surface area (Å²) in [5.41, 5.74) is 3.36. The van der Waals surface area contributed by atoms with Gasteiger partial charge in [-0.2, -0.15) is 0 Å². The fraction of sp³-hybridized carbons (Fsp3) is 0.304. The summed E-state index contributed by atoms with van der Waals surface area (Å²) in [5.74, 6) is 0.141. The van der Waals surface area contributed by atoms with Gasteiger partial charge in [-0.3, -0.25) is 4.79 Å². The Kier molecular flexibility index (Phi) is 5.56. The molecule has 1 aliphatic heterocycles. The molecular formula is C23H23BrN2O4. The monoisotopic (exact) mass is 470 g/mol. The topological polar surface area (TPSA) is 63.0 Å². The molecule has 0 atom stereocenters. The SMILES string of the molecule is COc1cc(Br)cc2cc(C(=O)N3CCN(c4cc(C)ccc4C)CC3)c(=O)oc12. The molecule has 1 amide bonds. The van der Waals surface area contributed by atoms with E-state index in [9.17, 15) is 9.59 Å². The number of rotatable bonds is 3. The van der Waals surface area contributed by atoms with E-state index in [0.717, 1.165) is 4.47 Å². The highest BCUT2D eigenvalue weighted by molar-refractivity contribution is 9.10. The van der Waals surface area contributed by atoms with Gasteiger partial charge >= 0.3 is 5.63 Å². The summed E-state index contributed by atoms with van der Waals surface area (Å²) in [6, 6.07) is 11.5. The van der Waals surface area contributed by atoms with Crippen LogP contribution in [0.15, 0.2) is 50.1 Å². The number of methoxy groups -OCH3 is 1. The standard InChI is InChI=1S/C23H23BrN2O4/c1-14-4-5-15(2)19(10-14)25-6-8-26(9-7-25)22(27)18-12-16-11-17(24)13-20(29-3)21(16)30-23(18)28/h4-5,10-13H,6-9H2,1-3H3. The van der Waals surface area contributed by atoms with Crippen molar-refractivity contribution < 1.29 is 13.9 Å². The maximum Gasteiger partial charge on any atom is 0.349 e. The predicted octanol–water partition coefficient (Wildman–Crippen LogP) is 4.14. The molecule has 6 nitrogen and oxygen atoms in total. The number of piperazine rings is 1. The van der Waals surface area contributed by atoms with E-state index in [1.54, 1.807) is 23.1 Å². The average Bonchev–Trinajstić information content (AvgIpc) is 2.74. The highest BCUT2D eigenvalue weighted by Gasteiger charge is 2.26. The minimum Gasteiger partial charge on any atom is -0.493 e. The summed E-state index contributed by atoms with van der Waals surface area (Å²) in [7, 11) is 1.51. The number of benzene rings is 2. The molecule has 0 radical (unpaired) electrons. The first-order chi connectivity index (χ1) is 14.4. The molecule has 0 spiro atoms. The number of carbonyl (C=O) groups excluding carboxylic acids is 1. The molecule has 30 heavy (non-hydrogen) atoms. The van der Waals surface area contributed by atoms with Crippen molar-refractivity contribution in [2.24, 2.45) is 0 Å². The van der Waals surface area contributed by atoms with Crippen LogP contribution in [0.5, 0.6) is 5.75 Å². The quantitative estimate of drug-likeness (QED) is 0.538. The maximum absolute atomic E-state index is 13.1. The molecule has 0 N–H and O–H groups in total. The molecule has 1 aromatic heterocycles. The van der Waals surface area contributed by atoms with Crippen molar-refractivity contribution in [2.75, 3.05) is 38.2 Å². The van der Waals surface area contributed by atoms with Crippen LogP contribution in [0.1, 0.15) is 21.5 Å². The average molecular weight is 471 g/mol. The van der Waals surface area contributed by atoms with Gasteiger partial charge in [0.1, 0.15) is 5.56 Å². The van der Waals surface area contributed by atoms with Crippen molar-refractivity contribution in [1.29, 1.82) is 0 Å². The molecule has 1 aliphatic rings. The van der Waals surface area contributed by atoms with Crippen LogP contribution < -0.4 is 15.3 Å². The molecule has 0 saturated carbocycles. The normalized spacial score (nSPS) is 14.3. The third-order valence-electron chi connectivity index (χ3n) is 5.49. The number of amides is 1. The number of nitrogens with zero attached hydrogens (tertiary/aromatic N) is 2. The molecule has 2 aromatic carbocycles. The van der Waals surface area contributed by atoms with Crippen LogP contribution in [0.25, 0.3) is 11.0 Å². The molecular weight excluding hydrogens is 448 g/mol. The van der Waals surface area contributed by atoms with Crippen LogP contribution in [0, 0.1) is 13.8 Å². The van der Waals surface area contributed by atoms with Gasteiger partial charge in [-0.15, -0.1) is 0 Å². The summed E-state index contributed by atoms with van der Waals surface area (Å²) in [5, 5.41) is 0.637. The van der Waals surface area contributed by atoms with Crippen LogP contribution >= 0.6 is 15.9 Å². The smallest absolute Gasteiger partial charge is 0.349 e. The Labute approximate surface area is 183 Å². The van der Waals surface area contributed by atoms with Crippen molar-refractivity contribution in [3.63, 3.8) is 0 Å². The number of anilines is 1. The lowest BCUT2D eigenvalue weighted by Crippen LogP contribution is -2.49. The maximum atomic E-state index is 13.1. The first kappa shape index (κ1) is 20.5. The van der Waals surface area contributed by atoms with E-state index in [-0.39, 0.29) is 11.5 Å². The van der Waals surface area contributed by atoms with Crippen LogP contribution in [0.4, 0.5) is 5.69 Å². The van der Waals surface area contributed by atoms with Gasteiger partial charge < -0.3 is 19.0 Å². The molecule has 0 unspecified atom stereocenters. The fourth-order valence-corrected chi connectivity index (χ4v) is 4.30. The van der Waals surface area contributed by atoms with Gasteiger partial charge in [0.05, 0.1) is 7.11 Å². The lowest BCUT2D eigenvalue weighted by Gasteiger charge is -2.36. The van der Waals surface area contributed by atoms with E-state index in [0.29, 0.717) is 42.9 Å². The van der Waals surface area contributed by atoms with E-state index in [1.165, 1.54) is 23.9 Å². The Morgan fingerprint density at radius 3 is 2.50 bits per heavy atom. The zero-order valence-electron chi connectivity index (χ0n) is 17.2. The molecule has 7 heteroatoms. The van der Waals surface area contributed by atoms with E-state index in [2.05, 4.69) is 52.9 Å². The van der Waals surface area contributed by atoms with E-state index < -0.39 is 5.63 Å². The minimum atomic E-state index is -0.648. The first-order valence-corrected chi connectivity index (χ1v) is 10.6. The summed E-state index contributed by atoms with van der Waals surface area (Å²) in [6.45, 7) is 6.70. The Bertz CT molecular complexity index is 1180. The molecule has 0 bridgehead atoms. The van der Waals surface area contributed by atoms with E-state index >= 15 is 0 Å². The van der Waals surface area contributed by atoms with Crippen molar-refractivity contribution in [3.8, 4) is 5.75 Å². The predicted molar refractivity (Wildman–Crippen MR) is 121 cm³/mol. The van der Waals surface area contributed by atoms with Crippen LogP contribution in [0.3, 0.4) is 0 Å². The van der Waals surface area contributed by atoms with Gasteiger partial charge in [-0.25, -0.2) is 4.79 Å². The highest BCUT2D eigenvalue weighted by Crippen LogP contribution is 2.30. The zero-order chi connectivity index (χ0) is 21.4. The second-order valence-electron chi connectivity index (χ2n) is 7.54. The number of hydrogen-bond donors (Lipinski definition) is 0. The number of fused-ring (bicyclic) bond motifs is 1. The van der Waals surface area contributed by atoms with Gasteiger partial charge in [0.15, 0.2) is 11.3 Å². The first-order valence-electron chi connectivity index (χ1n) is 9.80. The number of carbonyl (C=O) groups is 1. The summed E-state index contributed by atoms with van der Waals surface area (Å²) >= 11 is 3.42. The van der Waals surface area contributed by atoms with E-state index in [4.69, 9.17) is 9.15 Å². The molecule has 3 aromatic rings. The van der Waals surface area contributed by atoms with Gasteiger partial charge in [-0.05, 0) is 49.2 Å². The van der Waals surface area contributed by atoms with Gasteiger partial charge in [0, 0.05) is 41.7 Å². The molecule has 1 saturated heterocycles. The Morgan fingerprint density at radius 1 is 1.07 bits per heavy atom. The van der Waals surface area contributed by atoms with Crippen LogP contribution in [-0.4, -0.2) is 44.1 Å². The van der Waals surface area contributed by atoms with Crippen molar-refractivity contribution in [3.05, 3.63) is 68.0 Å². The van der Waals surface area contributed by atoms with E-state index in [1.807, 2.05) is 0 Å². The number of halogens is 1. The summed E-state index contributed by atoms with van der Waals surface area (Å²) in [6.07, 6.45) is 0.